The summed E-state index contributed by atoms with van der Waals surface area (Å²) in [7, 11) is 0. The van der Waals surface area contributed by atoms with Crippen LogP contribution in [0.15, 0.2) is 35.0 Å². The summed E-state index contributed by atoms with van der Waals surface area (Å²) < 4.78 is 111. The van der Waals surface area contributed by atoms with E-state index in [9.17, 15) is 39.9 Å². The Morgan fingerprint density at radius 1 is 1.06 bits per heavy atom. The van der Waals surface area contributed by atoms with Crippen molar-refractivity contribution < 1.29 is 49.2 Å². The van der Waals surface area contributed by atoms with E-state index < -0.39 is 60.6 Å². The number of alkyl halides is 6. The molecule has 0 spiro atoms. The van der Waals surface area contributed by atoms with Gasteiger partial charge in [0.1, 0.15) is 0 Å². The molecular formula is C18H10F8N4O3. The molecule has 0 atom stereocenters. The van der Waals surface area contributed by atoms with Crippen LogP contribution >= 0.6 is 0 Å². The SMILES string of the molecule is O=C(NCc1nc(C(F)(F)F)no1)c1cnc(OCC(F)(F)F)c(-c2ccc(F)c(F)c2)c1. The highest BCUT2D eigenvalue weighted by atomic mass is 19.4. The highest BCUT2D eigenvalue weighted by molar-refractivity contribution is 5.95. The molecule has 0 saturated heterocycles. The van der Waals surface area contributed by atoms with Crippen LogP contribution in [0.4, 0.5) is 35.1 Å². The molecule has 0 aliphatic heterocycles. The number of nitrogens with one attached hydrogen (secondary N) is 1. The zero-order valence-corrected chi connectivity index (χ0v) is 15.9. The second-order valence-corrected chi connectivity index (χ2v) is 6.30. The normalized spacial score (nSPS) is 12.0. The second kappa shape index (κ2) is 8.99. The van der Waals surface area contributed by atoms with E-state index in [0.717, 1.165) is 18.3 Å². The van der Waals surface area contributed by atoms with Gasteiger partial charge in [-0.1, -0.05) is 11.2 Å². The minimum Gasteiger partial charge on any atom is -0.468 e. The van der Waals surface area contributed by atoms with Crippen molar-refractivity contribution in [3.8, 4) is 17.0 Å². The van der Waals surface area contributed by atoms with E-state index in [-0.39, 0.29) is 16.7 Å². The Labute approximate surface area is 178 Å². The number of benzene rings is 1. The van der Waals surface area contributed by atoms with E-state index in [4.69, 9.17) is 0 Å². The van der Waals surface area contributed by atoms with E-state index in [2.05, 4.69) is 29.7 Å². The van der Waals surface area contributed by atoms with E-state index >= 15 is 0 Å². The summed E-state index contributed by atoms with van der Waals surface area (Å²) in [5, 5.41) is 4.87. The minimum atomic E-state index is -4.86. The Hall–Kier alpha value is -3.78. The summed E-state index contributed by atoms with van der Waals surface area (Å²) in [6.45, 7) is -2.37. The lowest BCUT2D eigenvalue weighted by molar-refractivity contribution is -0.154. The zero-order chi connectivity index (χ0) is 24.4. The van der Waals surface area contributed by atoms with Gasteiger partial charge in [-0.25, -0.2) is 13.8 Å². The standard InChI is InChI=1S/C18H10F8N4O3/c19-11-2-1-8(4-12(11)20)10-3-9(5-28-15(10)32-7-17(21,22)23)14(31)27-6-13-29-16(30-33-13)18(24,25)26/h1-5H,6-7H2,(H,27,31). The van der Waals surface area contributed by atoms with Crippen LogP contribution in [-0.2, 0) is 12.7 Å². The van der Waals surface area contributed by atoms with E-state index in [1.165, 1.54) is 0 Å². The second-order valence-electron chi connectivity index (χ2n) is 6.30. The molecule has 0 aliphatic carbocycles. The van der Waals surface area contributed by atoms with E-state index in [1.54, 1.807) is 0 Å². The minimum absolute atomic E-state index is 0.153. The summed E-state index contributed by atoms with van der Waals surface area (Å²) in [6, 6.07) is 3.37. The third-order valence-corrected chi connectivity index (χ3v) is 3.84. The largest absolute Gasteiger partial charge is 0.468 e. The first-order valence-corrected chi connectivity index (χ1v) is 8.66. The van der Waals surface area contributed by atoms with Crippen LogP contribution in [0, 0.1) is 11.6 Å². The van der Waals surface area contributed by atoms with Crippen molar-refractivity contribution >= 4 is 5.91 Å². The number of halogens is 8. The fourth-order valence-electron chi connectivity index (χ4n) is 2.41. The first-order valence-electron chi connectivity index (χ1n) is 8.66. The molecule has 2 heterocycles. The molecule has 0 aliphatic rings. The maximum atomic E-state index is 13.6. The van der Waals surface area contributed by atoms with Gasteiger partial charge in [0.25, 0.3) is 11.7 Å². The van der Waals surface area contributed by atoms with Crippen LogP contribution in [0.1, 0.15) is 22.1 Å². The summed E-state index contributed by atoms with van der Waals surface area (Å²) in [5.74, 6) is -6.24. The van der Waals surface area contributed by atoms with Gasteiger partial charge < -0.3 is 14.6 Å². The first-order chi connectivity index (χ1) is 15.3. The molecule has 0 radical (unpaired) electrons. The summed E-state index contributed by atoms with van der Waals surface area (Å²) in [5.41, 5.74) is -0.715. The predicted molar refractivity (Wildman–Crippen MR) is 91.6 cm³/mol. The van der Waals surface area contributed by atoms with Crippen molar-refractivity contribution in [1.82, 2.24) is 20.4 Å². The van der Waals surface area contributed by atoms with Gasteiger partial charge in [0.15, 0.2) is 18.2 Å². The van der Waals surface area contributed by atoms with Gasteiger partial charge in [-0.15, -0.1) is 0 Å². The molecule has 0 unspecified atom stereocenters. The molecule has 0 bridgehead atoms. The van der Waals surface area contributed by atoms with Gasteiger partial charge in [0.2, 0.25) is 11.8 Å². The number of nitrogens with zero attached hydrogens (tertiary/aromatic N) is 3. The molecule has 33 heavy (non-hydrogen) atoms. The van der Waals surface area contributed by atoms with Gasteiger partial charge in [-0.3, -0.25) is 4.79 Å². The molecule has 0 saturated carbocycles. The van der Waals surface area contributed by atoms with Crippen molar-refractivity contribution in [2.24, 2.45) is 0 Å². The van der Waals surface area contributed by atoms with Crippen LogP contribution in [0.2, 0.25) is 0 Å². The van der Waals surface area contributed by atoms with Crippen LogP contribution in [0.3, 0.4) is 0 Å². The van der Waals surface area contributed by atoms with Gasteiger partial charge in [0, 0.05) is 11.8 Å². The molecule has 3 aromatic rings. The van der Waals surface area contributed by atoms with Crippen molar-refractivity contribution in [1.29, 1.82) is 0 Å². The smallest absolute Gasteiger partial charge is 0.455 e. The number of hydrogen-bond acceptors (Lipinski definition) is 6. The molecule has 15 heteroatoms. The summed E-state index contributed by atoms with van der Waals surface area (Å²) in [6.07, 6.45) is -8.77. The van der Waals surface area contributed by atoms with Crippen molar-refractivity contribution in [3.05, 3.63) is 59.4 Å². The van der Waals surface area contributed by atoms with Crippen molar-refractivity contribution in [3.63, 3.8) is 0 Å². The number of aromatic nitrogens is 3. The fraction of sp³-hybridized carbons (Fsp3) is 0.222. The zero-order valence-electron chi connectivity index (χ0n) is 15.9. The lowest BCUT2D eigenvalue weighted by atomic mass is 10.0. The monoisotopic (exact) mass is 482 g/mol. The van der Waals surface area contributed by atoms with E-state index in [1.807, 2.05) is 0 Å². The number of carbonyl (C=O) groups is 1. The van der Waals surface area contributed by atoms with Gasteiger partial charge in [0.05, 0.1) is 12.1 Å². The topological polar surface area (TPSA) is 90.1 Å². The Balaban J connectivity index is 1.85. The first kappa shape index (κ1) is 23.9. The molecular weight excluding hydrogens is 472 g/mol. The molecule has 1 N–H and O–H groups in total. The molecule has 176 valence electrons. The van der Waals surface area contributed by atoms with E-state index in [0.29, 0.717) is 12.1 Å². The summed E-state index contributed by atoms with van der Waals surface area (Å²) in [4.78, 5) is 19.0. The van der Waals surface area contributed by atoms with Gasteiger partial charge in [-0.2, -0.15) is 31.3 Å². The highest BCUT2D eigenvalue weighted by Gasteiger charge is 2.37. The van der Waals surface area contributed by atoms with Crippen LogP contribution in [0.5, 0.6) is 5.88 Å². The average molecular weight is 482 g/mol. The number of pyridine rings is 1. The van der Waals surface area contributed by atoms with Crippen molar-refractivity contribution in [2.45, 2.75) is 18.9 Å². The Kier molecular flexibility index (Phi) is 6.51. The quantitative estimate of drug-likeness (QED) is 0.527. The average Bonchev–Trinajstić information content (AvgIpc) is 3.21. The van der Waals surface area contributed by atoms with Crippen LogP contribution in [0.25, 0.3) is 11.1 Å². The predicted octanol–water partition coefficient (Wildman–Crippen LogP) is 4.30. The number of amides is 1. The number of carbonyl (C=O) groups excluding carboxylic acids is 1. The molecule has 1 amide bonds. The van der Waals surface area contributed by atoms with Crippen LogP contribution in [-0.4, -0.2) is 33.8 Å². The third-order valence-electron chi connectivity index (χ3n) is 3.84. The maximum Gasteiger partial charge on any atom is 0.455 e. The lowest BCUT2D eigenvalue weighted by Gasteiger charge is -2.14. The molecule has 3 rings (SSSR count). The molecule has 1 aromatic carbocycles. The van der Waals surface area contributed by atoms with Gasteiger partial charge >= 0.3 is 12.4 Å². The summed E-state index contributed by atoms with van der Waals surface area (Å²) >= 11 is 0. The number of hydrogen-bond donors (Lipinski definition) is 1. The van der Waals surface area contributed by atoms with Gasteiger partial charge in [-0.05, 0) is 23.8 Å². The fourth-order valence-corrected chi connectivity index (χ4v) is 2.41. The Bertz CT molecular complexity index is 1160. The number of ether oxygens (including phenoxy) is 1. The molecule has 7 nitrogen and oxygen atoms in total. The maximum absolute atomic E-state index is 13.6. The van der Waals surface area contributed by atoms with Crippen molar-refractivity contribution in [2.75, 3.05) is 6.61 Å². The Morgan fingerprint density at radius 3 is 2.39 bits per heavy atom. The third kappa shape index (κ3) is 6.14. The highest BCUT2D eigenvalue weighted by Crippen LogP contribution is 2.31. The molecule has 0 fully saturated rings. The number of rotatable bonds is 6. The molecule has 2 aromatic heterocycles. The van der Waals surface area contributed by atoms with Crippen LogP contribution < -0.4 is 10.1 Å². The lowest BCUT2D eigenvalue weighted by Crippen LogP contribution is -2.24. The Morgan fingerprint density at radius 2 is 1.79 bits per heavy atom.